The predicted octanol–water partition coefficient (Wildman–Crippen LogP) is 2.43. The van der Waals surface area contributed by atoms with Crippen molar-refractivity contribution >= 4 is 23.4 Å². The average Bonchev–Trinajstić information content (AvgIpc) is 3.50. The first-order chi connectivity index (χ1) is 19.4. The summed E-state index contributed by atoms with van der Waals surface area (Å²) in [4.78, 5) is 28.6. The van der Waals surface area contributed by atoms with Crippen molar-refractivity contribution in [1.82, 2.24) is 35.7 Å². The van der Waals surface area contributed by atoms with Gasteiger partial charge >= 0.3 is 0 Å². The van der Waals surface area contributed by atoms with Crippen LogP contribution in [0.1, 0.15) is 50.2 Å². The summed E-state index contributed by atoms with van der Waals surface area (Å²) >= 11 is 6.18. The average molecular weight is 570 g/mol. The van der Waals surface area contributed by atoms with Crippen molar-refractivity contribution in [3.8, 4) is 5.69 Å². The first kappa shape index (κ1) is 29.6. The number of hydrogen-bond acceptors (Lipinski definition) is 8. The minimum atomic E-state index is -0.880. The lowest BCUT2D eigenvalue weighted by atomic mass is 9.84. The molecule has 1 aromatic heterocycles. The molecule has 2 heterocycles. The number of piperidine rings is 1. The quantitative estimate of drug-likeness (QED) is 0.283. The van der Waals surface area contributed by atoms with Crippen LogP contribution in [0.5, 0.6) is 0 Å². The van der Waals surface area contributed by atoms with Crippen LogP contribution in [0.25, 0.3) is 5.69 Å². The molecule has 2 amide bonds. The molecule has 4 atom stereocenters. The summed E-state index contributed by atoms with van der Waals surface area (Å²) in [5.41, 5.74) is 2.61. The van der Waals surface area contributed by atoms with E-state index in [4.69, 9.17) is 16.3 Å². The standard InChI is InChI=1S/C28H36ClN7O4/c1-3-40-26(37)12-14-35-13-11-21(20-7-5-4-6-8-20)16-25(35)28(39)32-19(2)27(38)30-17-22-15-23(29)9-10-24(22)36-18-31-33-34-36/h4-10,15,18-19,21,25-26,37H,3,11-14,16-17H2,1-2H3,(H,30,38)(H,32,39)/t19-,21-,25+,26?/m0/s1. The molecule has 0 bridgehead atoms. The van der Waals surface area contributed by atoms with Crippen molar-refractivity contribution in [2.24, 2.45) is 0 Å². The van der Waals surface area contributed by atoms with Crippen molar-refractivity contribution in [3.63, 3.8) is 0 Å². The van der Waals surface area contributed by atoms with Crippen molar-refractivity contribution < 1.29 is 19.4 Å². The first-order valence-electron chi connectivity index (χ1n) is 13.5. The van der Waals surface area contributed by atoms with Crippen LogP contribution in [-0.2, 0) is 20.9 Å². The third kappa shape index (κ3) is 7.85. The predicted molar refractivity (Wildman–Crippen MR) is 150 cm³/mol. The van der Waals surface area contributed by atoms with Crippen molar-refractivity contribution in [2.75, 3.05) is 19.7 Å². The third-order valence-corrected chi connectivity index (χ3v) is 7.39. The SMILES string of the molecule is CCOC(O)CCN1CC[C@H](c2ccccc2)C[C@@H]1C(=O)N[C@@H](C)C(=O)NCc1cc(Cl)ccc1-n1cnnn1. The van der Waals surface area contributed by atoms with Gasteiger partial charge in [0.2, 0.25) is 11.8 Å². The number of nitrogens with zero attached hydrogens (tertiary/aromatic N) is 5. The Morgan fingerprint density at radius 3 is 2.75 bits per heavy atom. The van der Waals surface area contributed by atoms with Gasteiger partial charge in [0, 0.05) is 31.1 Å². The number of tetrazole rings is 1. The van der Waals surface area contributed by atoms with Gasteiger partial charge in [0.1, 0.15) is 12.4 Å². The molecule has 2 aromatic carbocycles. The Morgan fingerprint density at radius 2 is 2.02 bits per heavy atom. The Hall–Kier alpha value is -3.38. The highest BCUT2D eigenvalue weighted by Crippen LogP contribution is 2.32. The van der Waals surface area contributed by atoms with E-state index in [1.165, 1.54) is 16.6 Å². The van der Waals surface area contributed by atoms with Gasteiger partial charge in [-0.3, -0.25) is 14.5 Å². The second-order valence-electron chi connectivity index (χ2n) is 9.86. The van der Waals surface area contributed by atoms with Gasteiger partial charge in [-0.2, -0.15) is 0 Å². The first-order valence-corrected chi connectivity index (χ1v) is 13.9. The van der Waals surface area contributed by atoms with E-state index in [1.54, 1.807) is 25.1 Å². The zero-order valence-electron chi connectivity index (χ0n) is 22.7. The number of carbonyl (C=O) groups excluding carboxylic acids is 2. The van der Waals surface area contributed by atoms with Gasteiger partial charge in [-0.25, -0.2) is 4.68 Å². The molecular formula is C28H36ClN7O4. The molecule has 1 aliphatic heterocycles. The molecule has 1 fully saturated rings. The van der Waals surface area contributed by atoms with Gasteiger partial charge < -0.3 is 20.5 Å². The molecule has 0 radical (unpaired) electrons. The summed E-state index contributed by atoms with van der Waals surface area (Å²) in [7, 11) is 0. The summed E-state index contributed by atoms with van der Waals surface area (Å²) in [6.07, 6.45) is 2.50. The Balaban J connectivity index is 1.40. The number of hydrogen-bond donors (Lipinski definition) is 3. The number of benzene rings is 2. The molecular weight excluding hydrogens is 534 g/mol. The van der Waals surface area contributed by atoms with E-state index in [-0.39, 0.29) is 24.3 Å². The smallest absolute Gasteiger partial charge is 0.242 e. The van der Waals surface area contributed by atoms with Crippen LogP contribution in [0.15, 0.2) is 54.9 Å². The zero-order valence-corrected chi connectivity index (χ0v) is 23.5. The van der Waals surface area contributed by atoms with Crippen LogP contribution in [-0.4, -0.2) is 80.1 Å². The zero-order chi connectivity index (χ0) is 28.5. The monoisotopic (exact) mass is 569 g/mol. The van der Waals surface area contributed by atoms with Crippen LogP contribution < -0.4 is 10.6 Å². The maximum absolute atomic E-state index is 13.5. The van der Waals surface area contributed by atoms with Crippen LogP contribution >= 0.6 is 11.6 Å². The molecule has 0 spiro atoms. The fourth-order valence-corrected chi connectivity index (χ4v) is 5.23. The number of amides is 2. The lowest BCUT2D eigenvalue weighted by molar-refractivity contribution is -0.134. The minimum Gasteiger partial charge on any atom is -0.368 e. The fourth-order valence-electron chi connectivity index (χ4n) is 5.04. The highest BCUT2D eigenvalue weighted by molar-refractivity contribution is 6.30. The summed E-state index contributed by atoms with van der Waals surface area (Å²) in [5.74, 6) is -0.322. The summed E-state index contributed by atoms with van der Waals surface area (Å²) in [6.45, 7) is 5.29. The lowest BCUT2D eigenvalue weighted by Gasteiger charge is -2.39. The van der Waals surface area contributed by atoms with Crippen molar-refractivity contribution in [2.45, 2.75) is 63.9 Å². The number of aromatic nitrogens is 4. The Labute approximate surface area is 238 Å². The summed E-state index contributed by atoms with van der Waals surface area (Å²) in [5, 5.41) is 27.6. The minimum absolute atomic E-state index is 0.176. The number of ether oxygens (including phenoxy) is 1. The number of halogens is 1. The number of aliphatic hydroxyl groups is 1. The number of likely N-dealkylation sites (tertiary alicyclic amines) is 1. The number of nitrogens with one attached hydrogen (secondary N) is 2. The molecule has 4 rings (SSSR count). The molecule has 3 N–H and O–H groups in total. The Bertz CT molecular complexity index is 1240. The van der Waals surface area contributed by atoms with E-state index in [0.29, 0.717) is 43.2 Å². The third-order valence-electron chi connectivity index (χ3n) is 7.15. The lowest BCUT2D eigenvalue weighted by Crippen LogP contribution is -2.55. The largest absolute Gasteiger partial charge is 0.368 e. The number of rotatable bonds is 12. The van der Waals surface area contributed by atoms with E-state index in [1.807, 2.05) is 25.1 Å². The number of carbonyl (C=O) groups is 2. The van der Waals surface area contributed by atoms with E-state index in [0.717, 1.165) is 12.0 Å². The van der Waals surface area contributed by atoms with Crippen LogP contribution in [0.2, 0.25) is 5.02 Å². The Morgan fingerprint density at radius 1 is 1.23 bits per heavy atom. The van der Waals surface area contributed by atoms with Gasteiger partial charge in [0.15, 0.2) is 6.29 Å². The fraction of sp³-hybridized carbons (Fsp3) is 0.464. The van der Waals surface area contributed by atoms with Gasteiger partial charge in [-0.15, -0.1) is 5.10 Å². The van der Waals surface area contributed by atoms with Gasteiger partial charge in [0.05, 0.1) is 11.7 Å². The van der Waals surface area contributed by atoms with Crippen LogP contribution in [0.3, 0.4) is 0 Å². The van der Waals surface area contributed by atoms with Gasteiger partial charge in [-0.1, -0.05) is 41.9 Å². The topological polar surface area (TPSA) is 134 Å². The molecule has 0 aliphatic carbocycles. The molecule has 12 heteroatoms. The molecule has 214 valence electrons. The Kier molecular flexibility index (Phi) is 10.6. The van der Waals surface area contributed by atoms with E-state index >= 15 is 0 Å². The molecule has 1 aliphatic rings. The van der Waals surface area contributed by atoms with E-state index < -0.39 is 18.4 Å². The van der Waals surface area contributed by atoms with Crippen LogP contribution in [0.4, 0.5) is 0 Å². The van der Waals surface area contributed by atoms with Crippen molar-refractivity contribution in [1.29, 1.82) is 0 Å². The molecule has 40 heavy (non-hydrogen) atoms. The molecule has 0 saturated carbocycles. The van der Waals surface area contributed by atoms with Crippen molar-refractivity contribution in [3.05, 3.63) is 71.0 Å². The van der Waals surface area contributed by atoms with Crippen LogP contribution in [0, 0.1) is 0 Å². The molecule has 1 unspecified atom stereocenters. The summed E-state index contributed by atoms with van der Waals surface area (Å²) < 4.78 is 6.76. The van der Waals surface area contributed by atoms with Gasteiger partial charge in [0.25, 0.3) is 0 Å². The second-order valence-corrected chi connectivity index (χ2v) is 10.3. The molecule has 11 nitrogen and oxygen atoms in total. The maximum Gasteiger partial charge on any atom is 0.242 e. The molecule has 1 saturated heterocycles. The molecule has 3 aromatic rings. The van der Waals surface area contributed by atoms with E-state index in [2.05, 4.69) is 43.2 Å². The van der Waals surface area contributed by atoms with Gasteiger partial charge in [-0.05, 0) is 78.9 Å². The highest BCUT2D eigenvalue weighted by atomic mass is 35.5. The highest BCUT2D eigenvalue weighted by Gasteiger charge is 2.35. The van der Waals surface area contributed by atoms with E-state index in [9.17, 15) is 14.7 Å². The number of aliphatic hydroxyl groups excluding tert-OH is 1. The second kappa shape index (κ2) is 14.3. The normalized spacial score (nSPS) is 19.1. The maximum atomic E-state index is 13.5. The summed E-state index contributed by atoms with van der Waals surface area (Å²) in [6, 6.07) is 14.2.